The average molecular weight is 426 g/mol. The van der Waals surface area contributed by atoms with Gasteiger partial charge < -0.3 is 24.8 Å². The number of aryl methyl sites for hydroxylation is 1. The predicted octanol–water partition coefficient (Wildman–Crippen LogP) is 1.80. The molecule has 0 spiro atoms. The smallest absolute Gasteiger partial charge is 0.191 e. The van der Waals surface area contributed by atoms with Gasteiger partial charge in [0.05, 0.1) is 12.7 Å². The molecule has 166 valence electrons. The maximum Gasteiger partial charge on any atom is 0.191 e. The third-order valence-corrected chi connectivity index (χ3v) is 5.86. The summed E-state index contributed by atoms with van der Waals surface area (Å²) in [6.45, 7) is 11.6. The van der Waals surface area contributed by atoms with Crippen LogP contribution in [-0.2, 0) is 18.3 Å². The molecule has 2 N–H and O–H groups in total. The van der Waals surface area contributed by atoms with Gasteiger partial charge in [0.1, 0.15) is 12.4 Å². The van der Waals surface area contributed by atoms with Crippen molar-refractivity contribution in [2.24, 2.45) is 12.0 Å². The zero-order valence-electron chi connectivity index (χ0n) is 18.8. The van der Waals surface area contributed by atoms with E-state index < -0.39 is 0 Å². The molecule has 0 unspecified atom stereocenters. The van der Waals surface area contributed by atoms with E-state index in [0.717, 1.165) is 75.4 Å². The molecule has 1 aliphatic heterocycles. The lowest BCUT2D eigenvalue weighted by atomic mass is 10.1. The van der Waals surface area contributed by atoms with Crippen molar-refractivity contribution < 1.29 is 4.74 Å². The highest BCUT2D eigenvalue weighted by Crippen LogP contribution is 2.10. The second-order valence-electron chi connectivity index (χ2n) is 7.84. The summed E-state index contributed by atoms with van der Waals surface area (Å²) in [5, 5.41) is 15.5. The fourth-order valence-corrected chi connectivity index (χ4v) is 3.66. The number of rotatable bonds is 11. The fraction of sp³-hybridized carbons (Fsp3) is 0.850. The molecule has 0 amide bonds. The normalized spacial score (nSPS) is 16.6. The monoisotopic (exact) mass is 425 g/mol. The van der Waals surface area contributed by atoms with Crippen molar-refractivity contribution in [3.63, 3.8) is 0 Å². The van der Waals surface area contributed by atoms with Gasteiger partial charge in [0.25, 0.3) is 0 Å². The molecule has 8 nitrogen and oxygen atoms in total. The number of guanidine groups is 1. The molecule has 0 radical (unpaired) electrons. The van der Waals surface area contributed by atoms with Gasteiger partial charge in [-0.05, 0) is 52.0 Å². The van der Waals surface area contributed by atoms with E-state index in [9.17, 15) is 0 Å². The highest BCUT2D eigenvalue weighted by atomic mass is 32.2. The lowest BCUT2D eigenvalue weighted by Gasteiger charge is -2.33. The molecule has 1 fully saturated rings. The Labute approximate surface area is 180 Å². The SMILES string of the molecule is CSCCCNC(=NCc1nnc(C)n1C)NC1CCN(CCOC(C)C)CC1. The Bertz CT molecular complexity index is 612. The van der Waals surface area contributed by atoms with Gasteiger partial charge in [0.15, 0.2) is 11.8 Å². The summed E-state index contributed by atoms with van der Waals surface area (Å²) < 4.78 is 7.68. The van der Waals surface area contributed by atoms with Crippen molar-refractivity contribution in [2.75, 3.05) is 44.8 Å². The largest absolute Gasteiger partial charge is 0.377 e. The number of aliphatic imine (C=N–C) groups is 1. The highest BCUT2D eigenvalue weighted by molar-refractivity contribution is 7.98. The Kier molecular flexibility index (Phi) is 10.8. The van der Waals surface area contributed by atoms with Crippen LogP contribution in [0.3, 0.4) is 0 Å². The molecule has 0 aliphatic carbocycles. The van der Waals surface area contributed by atoms with Crippen LogP contribution in [-0.4, -0.2) is 82.6 Å². The number of nitrogens with one attached hydrogen (secondary N) is 2. The van der Waals surface area contributed by atoms with Crippen LogP contribution < -0.4 is 10.6 Å². The molecule has 1 aromatic rings. The summed E-state index contributed by atoms with van der Waals surface area (Å²) in [5.74, 6) is 3.83. The topological polar surface area (TPSA) is 79.6 Å². The third kappa shape index (κ3) is 8.92. The van der Waals surface area contributed by atoms with Gasteiger partial charge in [-0.25, -0.2) is 4.99 Å². The molecular formula is C20H39N7OS. The first-order valence-corrected chi connectivity index (χ1v) is 12.1. The van der Waals surface area contributed by atoms with Crippen molar-refractivity contribution in [3.8, 4) is 0 Å². The van der Waals surface area contributed by atoms with E-state index in [1.54, 1.807) is 0 Å². The van der Waals surface area contributed by atoms with Crippen LogP contribution in [0.4, 0.5) is 0 Å². The van der Waals surface area contributed by atoms with E-state index in [4.69, 9.17) is 9.73 Å². The molecule has 1 aliphatic rings. The molecule has 2 heterocycles. The van der Waals surface area contributed by atoms with Crippen molar-refractivity contribution in [2.45, 2.75) is 58.7 Å². The molecule has 0 saturated carbocycles. The lowest BCUT2D eigenvalue weighted by molar-refractivity contribution is 0.0532. The number of hydrogen-bond donors (Lipinski definition) is 2. The summed E-state index contributed by atoms with van der Waals surface area (Å²) in [5.41, 5.74) is 0. The minimum Gasteiger partial charge on any atom is -0.377 e. The standard InChI is InChI=1S/C20H39N7OS/c1-16(2)28-13-12-27-10-7-18(8-11-27)23-20(21-9-6-14-29-5)22-15-19-25-24-17(3)26(19)4/h16,18H,6-15H2,1-5H3,(H2,21,22,23). The lowest BCUT2D eigenvalue weighted by Crippen LogP contribution is -2.49. The van der Waals surface area contributed by atoms with E-state index in [2.05, 4.69) is 45.8 Å². The van der Waals surface area contributed by atoms with Gasteiger partial charge in [-0.1, -0.05) is 0 Å². The Morgan fingerprint density at radius 2 is 2.07 bits per heavy atom. The average Bonchev–Trinajstić information content (AvgIpc) is 3.02. The van der Waals surface area contributed by atoms with Gasteiger partial charge in [0.2, 0.25) is 0 Å². The Morgan fingerprint density at radius 1 is 1.31 bits per heavy atom. The minimum atomic E-state index is 0.308. The summed E-state index contributed by atoms with van der Waals surface area (Å²) in [7, 11) is 1.98. The van der Waals surface area contributed by atoms with Crippen LogP contribution in [0.5, 0.6) is 0 Å². The Morgan fingerprint density at radius 3 is 2.69 bits per heavy atom. The van der Waals surface area contributed by atoms with Crippen LogP contribution in [0, 0.1) is 6.92 Å². The first-order chi connectivity index (χ1) is 14.0. The number of ether oxygens (including phenoxy) is 1. The van der Waals surface area contributed by atoms with Gasteiger partial charge >= 0.3 is 0 Å². The molecule has 1 aromatic heterocycles. The van der Waals surface area contributed by atoms with Crippen LogP contribution >= 0.6 is 11.8 Å². The minimum absolute atomic E-state index is 0.308. The molecule has 0 atom stereocenters. The fourth-order valence-electron chi connectivity index (χ4n) is 3.23. The first kappa shape index (κ1) is 24.0. The van der Waals surface area contributed by atoms with E-state index >= 15 is 0 Å². The van der Waals surface area contributed by atoms with Gasteiger partial charge in [-0.2, -0.15) is 11.8 Å². The van der Waals surface area contributed by atoms with Crippen molar-refractivity contribution in [1.82, 2.24) is 30.3 Å². The summed E-state index contributed by atoms with van der Waals surface area (Å²) in [6.07, 6.45) is 5.82. The number of hydrogen-bond acceptors (Lipinski definition) is 6. The molecule has 1 saturated heterocycles. The quantitative estimate of drug-likeness (QED) is 0.318. The maximum absolute atomic E-state index is 5.68. The summed E-state index contributed by atoms with van der Waals surface area (Å²) >= 11 is 1.87. The molecule has 9 heteroatoms. The molecule has 0 aromatic carbocycles. The van der Waals surface area contributed by atoms with Gasteiger partial charge in [-0.15, -0.1) is 10.2 Å². The molecule has 29 heavy (non-hydrogen) atoms. The zero-order chi connectivity index (χ0) is 21.1. The van der Waals surface area contributed by atoms with Gasteiger partial charge in [-0.3, -0.25) is 0 Å². The number of aromatic nitrogens is 3. The van der Waals surface area contributed by atoms with Crippen LogP contribution in [0.25, 0.3) is 0 Å². The van der Waals surface area contributed by atoms with Crippen LogP contribution in [0.15, 0.2) is 4.99 Å². The van der Waals surface area contributed by atoms with Crippen LogP contribution in [0.1, 0.15) is 44.8 Å². The van der Waals surface area contributed by atoms with Crippen molar-refractivity contribution in [1.29, 1.82) is 0 Å². The van der Waals surface area contributed by atoms with E-state index in [0.29, 0.717) is 18.7 Å². The van der Waals surface area contributed by atoms with Gasteiger partial charge in [0, 0.05) is 39.3 Å². The number of likely N-dealkylation sites (tertiary alicyclic amines) is 1. The summed E-state index contributed by atoms with van der Waals surface area (Å²) in [6, 6.07) is 0.449. The Balaban J connectivity index is 1.83. The number of nitrogens with zero attached hydrogens (tertiary/aromatic N) is 5. The van der Waals surface area contributed by atoms with Crippen molar-refractivity contribution in [3.05, 3.63) is 11.6 Å². The maximum atomic E-state index is 5.68. The summed E-state index contributed by atoms with van der Waals surface area (Å²) in [4.78, 5) is 7.27. The molecule has 0 bridgehead atoms. The van der Waals surface area contributed by atoms with E-state index in [-0.39, 0.29) is 0 Å². The van der Waals surface area contributed by atoms with Crippen molar-refractivity contribution >= 4 is 17.7 Å². The van der Waals surface area contributed by atoms with Crippen LogP contribution in [0.2, 0.25) is 0 Å². The molecular weight excluding hydrogens is 386 g/mol. The molecule has 2 rings (SSSR count). The zero-order valence-corrected chi connectivity index (χ0v) is 19.6. The van der Waals surface area contributed by atoms with E-state index in [1.165, 1.54) is 0 Å². The third-order valence-electron chi connectivity index (χ3n) is 5.17. The second kappa shape index (κ2) is 13.1. The number of thioether (sulfide) groups is 1. The number of piperidine rings is 1. The second-order valence-corrected chi connectivity index (χ2v) is 8.83. The first-order valence-electron chi connectivity index (χ1n) is 10.7. The highest BCUT2D eigenvalue weighted by Gasteiger charge is 2.20. The van der Waals surface area contributed by atoms with E-state index in [1.807, 2.05) is 30.3 Å². The Hall–Kier alpha value is -1.32. The predicted molar refractivity (Wildman–Crippen MR) is 122 cm³/mol.